The van der Waals surface area contributed by atoms with Gasteiger partial charge in [0.25, 0.3) is 0 Å². The van der Waals surface area contributed by atoms with Gasteiger partial charge < -0.3 is 9.80 Å². The molecule has 3 heterocycles. The summed E-state index contributed by atoms with van der Waals surface area (Å²) in [6.07, 6.45) is 7.82. The summed E-state index contributed by atoms with van der Waals surface area (Å²) in [6, 6.07) is 2.15. The number of aromatic nitrogens is 2. The lowest BCUT2D eigenvalue weighted by Crippen LogP contribution is -2.35. The number of piperidine rings is 1. The Morgan fingerprint density at radius 2 is 1.57 bits per heavy atom. The Morgan fingerprint density at radius 1 is 0.905 bits per heavy atom. The van der Waals surface area contributed by atoms with Crippen LogP contribution >= 0.6 is 0 Å². The van der Waals surface area contributed by atoms with Crippen molar-refractivity contribution in [3.05, 3.63) is 11.8 Å². The largest absolute Gasteiger partial charge is 0.356 e. The molecule has 2 aliphatic rings. The highest BCUT2D eigenvalue weighted by Crippen LogP contribution is 2.24. The lowest BCUT2D eigenvalue weighted by molar-refractivity contribution is 0.434. The zero-order valence-electron chi connectivity index (χ0n) is 13.5. The van der Waals surface area contributed by atoms with E-state index in [-0.39, 0.29) is 0 Å². The second-order valence-electron chi connectivity index (χ2n) is 6.74. The summed E-state index contributed by atoms with van der Waals surface area (Å²) >= 11 is 0. The highest BCUT2D eigenvalue weighted by atomic mass is 15.3. The Bertz CT molecular complexity index is 458. The maximum absolute atomic E-state index is 4.89. The van der Waals surface area contributed by atoms with Gasteiger partial charge in [-0.25, -0.2) is 4.98 Å². The fraction of sp³-hybridized carbons (Fsp3) is 0.765. The molecule has 0 saturated carbocycles. The molecule has 0 N–H and O–H groups in total. The van der Waals surface area contributed by atoms with Gasteiger partial charge in [-0.15, -0.1) is 0 Å². The first-order valence-corrected chi connectivity index (χ1v) is 8.58. The molecule has 0 aromatic carbocycles. The number of nitrogens with zero attached hydrogens (tertiary/aromatic N) is 4. The van der Waals surface area contributed by atoms with Crippen molar-refractivity contribution in [2.75, 3.05) is 36.0 Å². The molecule has 4 nitrogen and oxygen atoms in total. The number of hydrogen-bond acceptors (Lipinski definition) is 4. The molecule has 116 valence electrons. The van der Waals surface area contributed by atoms with Gasteiger partial charge >= 0.3 is 0 Å². The van der Waals surface area contributed by atoms with Gasteiger partial charge in [0, 0.05) is 37.9 Å². The minimum Gasteiger partial charge on any atom is -0.356 e. The SMILES string of the molecule is Cc1cc(N2CCCCCC2)nc(N2CCC(C)CC2)n1. The van der Waals surface area contributed by atoms with E-state index in [0.717, 1.165) is 49.6 Å². The first-order chi connectivity index (χ1) is 10.2. The number of rotatable bonds is 2. The van der Waals surface area contributed by atoms with Gasteiger partial charge in [-0.3, -0.25) is 0 Å². The van der Waals surface area contributed by atoms with Crippen LogP contribution < -0.4 is 9.80 Å². The molecular formula is C17H28N4. The molecule has 2 aliphatic heterocycles. The average Bonchev–Trinajstić information content (AvgIpc) is 2.76. The average molecular weight is 288 g/mol. The second-order valence-corrected chi connectivity index (χ2v) is 6.74. The van der Waals surface area contributed by atoms with Crippen molar-refractivity contribution in [1.29, 1.82) is 0 Å². The van der Waals surface area contributed by atoms with E-state index in [1.54, 1.807) is 0 Å². The minimum absolute atomic E-state index is 0.844. The summed E-state index contributed by atoms with van der Waals surface area (Å²) in [7, 11) is 0. The van der Waals surface area contributed by atoms with Crippen molar-refractivity contribution in [2.45, 2.75) is 52.4 Å². The van der Waals surface area contributed by atoms with Crippen molar-refractivity contribution in [3.63, 3.8) is 0 Å². The highest BCUT2D eigenvalue weighted by Gasteiger charge is 2.20. The van der Waals surface area contributed by atoms with Crippen LogP contribution in [0.2, 0.25) is 0 Å². The van der Waals surface area contributed by atoms with E-state index >= 15 is 0 Å². The fourth-order valence-electron chi connectivity index (χ4n) is 3.35. The Kier molecular flexibility index (Phi) is 4.61. The molecule has 0 aliphatic carbocycles. The van der Waals surface area contributed by atoms with Gasteiger partial charge in [0.15, 0.2) is 0 Å². The molecule has 3 rings (SSSR count). The van der Waals surface area contributed by atoms with Crippen LogP contribution in [0.15, 0.2) is 6.07 Å². The topological polar surface area (TPSA) is 32.3 Å². The quantitative estimate of drug-likeness (QED) is 0.835. The van der Waals surface area contributed by atoms with Gasteiger partial charge in [0.05, 0.1) is 0 Å². The maximum Gasteiger partial charge on any atom is 0.227 e. The third kappa shape index (κ3) is 3.66. The lowest BCUT2D eigenvalue weighted by Gasteiger charge is -2.31. The van der Waals surface area contributed by atoms with Gasteiger partial charge in [0.2, 0.25) is 5.95 Å². The lowest BCUT2D eigenvalue weighted by atomic mass is 10.00. The number of aryl methyl sites for hydroxylation is 1. The summed E-state index contributed by atoms with van der Waals surface area (Å²) in [4.78, 5) is 14.4. The molecular weight excluding hydrogens is 260 g/mol. The summed E-state index contributed by atoms with van der Waals surface area (Å²) in [6.45, 7) is 8.93. The van der Waals surface area contributed by atoms with E-state index in [0.29, 0.717) is 0 Å². The van der Waals surface area contributed by atoms with Crippen molar-refractivity contribution in [3.8, 4) is 0 Å². The van der Waals surface area contributed by atoms with Crippen molar-refractivity contribution < 1.29 is 0 Å². The summed E-state index contributed by atoms with van der Waals surface area (Å²) < 4.78 is 0. The molecule has 0 atom stereocenters. The van der Waals surface area contributed by atoms with E-state index in [1.165, 1.54) is 38.5 Å². The van der Waals surface area contributed by atoms with E-state index < -0.39 is 0 Å². The van der Waals surface area contributed by atoms with Crippen LogP contribution in [0, 0.1) is 12.8 Å². The van der Waals surface area contributed by atoms with Crippen LogP contribution in [0.5, 0.6) is 0 Å². The molecule has 0 unspecified atom stereocenters. The Hall–Kier alpha value is -1.32. The zero-order valence-corrected chi connectivity index (χ0v) is 13.5. The molecule has 2 fully saturated rings. The number of hydrogen-bond donors (Lipinski definition) is 0. The van der Waals surface area contributed by atoms with Crippen molar-refractivity contribution in [1.82, 2.24) is 9.97 Å². The third-order valence-corrected chi connectivity index (χ3v) is 4.83. The summed E-state index contributed by atoms with van der Waals surface area (Å²) in [5.74, 6) is 2.93. The molecule has 0 amide bonds. The predicted molar refractivity (Wildman–Crippen MR) is 88.1 cm³/mol. The standard InChI is InChI=1S/C17H28N4/c1-14-7-11-21(12-8-14)17-18-15(2)13-16(19-17)20-9-5-3-4-6-10-20/h13-14H,3-12H2,1-2H3. The molecule has 1 aromatic rings. The number of anilines is 2. The van der Waals surface area contributed by atoms with Crippen LogP contribution in [0.3, 0.4) is 0 Å². The zero-order chi connectivity index (χ0) is 14.7. The third-order valence-electron chi connectivity index (χ3n) is 4.83. The van der Waals surface area contributed by atoms with Crippen molar-refractivity contribution >= 4 is 11.8 Å². The molecule has 21 heavy (non-hydrogen) atoms. The first kappa shape index (κ1) is 14.6. The molecule has 0 spiro atoms. The van der Waals surface area contributed by atoms with Crippen LogP contribution in [0.25, 0.3) is 0 Å². The Balaban J connectivity index is 1.78. The van der Waals surface area contributed by atoms with Crippen molar-refractivity contribution in [2.24, 2.45) is 5.92 Å². The van der Waals surface area contributed by atoms with Gasteiger partial charge in [-0.1, -0.05) is 19.8 Å². The molecule has 1 aromatic heterocycles. The Labute approximate surface area is 128 Å². The van der Waals surface area contributed by atoms with Gasteiger partial charge in [-0.05, 0) is 38.5 Å². The Morgan fingerprint density at radius 3 is 2.24 bits per heavy atom. The molecule has 4 heteroatoms. The molecule has 0 radical (unpaired) electrons. The maximum atomic E-state index is 4.89. The van der Waals surface area contributed by atoms with E-state index in [9.17, 15) is 0 Å². The summed E-state index contributed by atoms with van der Waals surface area (Å²) in [5.41, 5.74) is 1.10. The minimum atomic E-state index is 0.844. The van der Waals surface area contributed by atoms with E-state index in [2.05, 4.69) is 34.7 Å². The highest BCUT2D eigenvalue weighted by molar-refractivity contribution is 5.46. The van der Waals surface area contributed by atoms with Crippen LogP contribution in [-0.4, -0.2) is 36.1 Å². The smallest absolute Gasteiger partial charge is 0.227 e. The van der Waals surface area contributed by atoms with Crippen LogP contribution in [0.1, 0.15) is 51.1 Å². The fourth-order valence-corrected chi connectivity index (χ4v) is 3.35. The van der Waals surface area contributed by atoms with E-state index in [4.69, 9.17) is 4.98 Å². The van der Waals surface area contributed by atoms with E-state index in [1.807, 2.05) is 0 Å². The predicted octanol–water partition coefficient (Wildman–Crippen LogP) is 3.40. The molecule has 2 saturated heterocycles. The molecule has 0 bridgehead atoms. The van der Waals surface area contributed by atoms with Crippen LogP contribution in [-0.2, 0) is 0 Å². The first-order valence-electron chi connectivity index (χ1n) is 8.58. The second kappa shape index (κ2) is 6.63. The normalized spacial score (nSPS) is 21.4. The van der Waals surface area contributed by atoms with Gasteiger partial charge in [-0.2, -0.15) is 4.98 Å². The van der Waals surface area contributed by atoms with Gasteiger partial charge in [0.1, 0.15) is 5.82 Å². The monoisotopic (exact) mass is 288 g/mol. The summed E-state index contributed by atoms with van der Waals surface area (Å²) in [5, 5.41) is 0. The van der Waals surface area contributed by atoms with Crippen LogP contribution in [0.4, 0.5) is 11.8 Å².